The molecule has 0 aliphatic rings. The maximum Gasteiger partial charge on any atom is 0.185 e. The Morgan fingerprint density at radius 3 is 1.75 bits per heavy atom. The first-order chi connectivity index (χ1) is 15.8. The van der Waals surface area contributed by atoms with Gasteiger partial charge in [0.05, 0.1) is 0 Å². The van der Waals surface area contributed by atoms with E-state index in [9.17, 15) is 4.79 Å². The molecule has 0 atom stereocenters. The van der Waals surface area contributed by atoms with E-state index in [4.69, 9.17) is 9.47 Å². The highest BCUT2D eigenvalue weighted by atomic mass is 16.5. The van der Waals surface area contributed by atoms with Crippen molar-refractivity contribution in [3.63, 3.8) is 0 Å². The summed E-state index contributed by atoms with van der Waals surface area (Å²) in [6, 6.07) is 34.9. The van der Waals surface area contributed by atoms with E-state index < -0.39 is 0 Å². The molecule has 0 bridgehead atoms. The molecule has 4 aromatic carbocycles. The Morgan fingerprint density at radius 1 is 0.625 bits per heavy atom. The smallest absolute Gasteiger partial charge is 0.185 e. The summed E-state index contributed by atoms with van der Waals surface area (Å²) < 4.78 is 12.1. The van der Waals surface area contributed by atoms with Crippen LogP contribution in [0.5, 0.6) is 11.5 Å². The van der Waals surface area contributed by atoms with Crippen LogP contribution in [0.3, 0.4) is 0 Å². The Balaban J connectivity index is 1.52. The maximum absolute atomic E-state index is 12.4. The van der Waals surface area contributed by atoms with Crippen LogP contribution in [-0.4, -0.2) is 5.78 Å². The second-order valence-electron chi connectivity index (χ2n) is 7.32. The molecule has 0 aromatic heterocycles. The molecule has 0 N–H and O–H groups in total. The number of hydrogen-bond acceptors (Lipinski definition) is 3. The number of hydrogen-bond donors (Lipinski definition) is 0. The standard InChI is InChI=1S/C29H24O3/c30-27(26-14-8-3-9-15-26)18-16-23-17-19-28(31-21-24-10-4-1-5-11-24)29(20-23)32-22-25-12-6-2-7-13-25/h1-20H,21-22H2. The number of rotatable bonds is 9. The molecule has 0 saturated heterocycles. The van der Waals surface area contributed by atoms with Gasteiger partial charge in [-0.15, -0.1) is 0 Å². The molecule has 3 heteroatoms. The fourth-order valence-corrected chi connectivity index (χ4v) is 3.20. The van der Waals surface area contributed by atoms with Crippen molar-refractivity contribution in [1.82, 2.24) is 0 Å². The minimum atomic E-state index is -0.0400. The highest BCUT2D eigenvalue weighted by Gasteiger charge is 2.08. The molecule has 0 aliphatic heterocycles. The predicted molar refractivity (Wildman–Crippen MR) is 128 cm³/mol. The number of carbonyl (C=O) groups is 1. The van der Waals surface area contributed by atoms with Gasteiger partial charge in [-0.1, -0.05) is 103 Å². The van der Waals surface area contributed by atoms with Gasteiger partial charge in [0, 0.05) is 5.56 Å². The number of allylic oxidation sites excluding steroid dienone is 1. The van der Waals surface area contributed by atoms with Crippen LogP contribution in [0.1, 0.15) is 27.0 Å². The molecule has 158 valence electrons. The Kier molecular flexibility index (Phi) is 7.12. The molecule has 0 amide bonds. The molecule has 0 spiro atoms. The first-order valence-corrected chi connectivity index (χ1v) is 10.5. The second-order valence-corrected chi connectivity index (χ2v) is 7.32. The van der Waals surface area contributed by atoms with Crippen molar-refractivity contribution in [3.05, 3.63) is 138 Å². The molecule has 3 nitrogen and oxygen atoms in total. The van der Waals surface area contributed by atoms with Crippen LogP contribution in [0.25, 0.3) is 6.08 Å². The Bertz CT molecular complexity index is 1170. The first-order valence-electron chi connectivity index (χ1n) is 10.5. The topological polar surface area (TPSA) is 35.5 Å². The summed E-state index contributed by atoms with van der Waals surface area (Å²) in [5.41, 5.74) is 3.68. The van der Waals surface area contributed by atoms with Crippen molar-refractivity contribution in [2.24, 2.45) is 0 Å². The van der Waals surface area contributed by atoms with Crippen molar-refractivity contribution in [2.45, 2.75) is 13.2 Å². The fourth-order valence-electron chi connectivity index (χ4n) is 3.20. The van der Waals surface area contributed by atoms with Crippen LogP contribution in [0, 0.1) is 0 Å². The molecule has 0 saturated carbocycles. The third-order valence-corrected chi connectivity index (χ3v) is 4.93. The summed E-state index contributed by atoms with van der Waals surface area (Å²) in [6.07, 6.45) is 3.38. The largest absolute Gasteiger partial charge is 0.485 e. The zero-order chi connectivity index (χ0) is 22.0. The van der Waals surface area contributed by atoms with Gasteiger partial charge in [-0.2, -0.15) is 0 Å². The molecule has 32 heavy (non-hydrogen) atoms. The van der Waals surface area contributed by atoms with Gasteiger partial charge in [-0.3, -0.25) is 4.79 Å². The molecule has 0 radical (unpaired) electrons. The number of benzene rings is 4. The normalized spacial score (nSPS) is 10.8. The van der Waals surface area contributed by atoms with Crippen molar-refractivity contribution in [1.29, 1.82) is 0 Å². The summed E-state index contributed by atoms with van der Waals surface area (Å²) >= 11 is 0. The van der Waals surface area contributed by atoms with Crippen LogP contribution in [0.4, 0.5) is 0 Å². The maximum atomic E-state index is 12.4. The lowest BCUT2D eigenvalue weighted by atomic mass is 10.1. The zero-order valence-electron chi connectivity index (χ0n) is 17.7. The van der Waals surface area contributed by atoms with Gasteiger partial charge in [0.25, 0.3) is 0 Å². The summed E-state index contributed by atoms with van der Waals surface area (Å²) in [4.78, 5) is 12.4. The molecule has 4 aromatic rings. The van der Waals surface area contributed by atoms with Gasteiger partial charge in [0.2, 0.25) is 0 Å². The Hall–Kier alpha value is -4.11. The van der Waals surface area contributed by atoms with Crippen molar-refractivity contribution in [2.75, 3.05) is 0 Å². The molecule has 4 rings (SSSR count). The predicted octanol–water partition coefficient (Wildman–Crippen LogP) is 6.74. The fraction of sp³-hybridized carbons (Fsp3) is 0.0690. The zero-order valence-corrected chi connectivity index (χ0v) is 17.7. The lowest BCUT2D eigenvalue weighted by Gasteiger charge is -2.14. The van der Waals surface area contributed by atoms with E-state index in [2.05, 4.69) is 0 Å². The highest BCUT2D eigenvalue weighted by Crippen LogP contribution is 2.30. The van der Waals surface area contributed by atoms with Gasteiger partial charge in [0.15, 0.2) is 17.3 Å². The van der Waals surface area contributed by atoms with Crippen LogP contribution in [-0.2, 0) is 13.2 Å². The lowest BCUT2D eigenvalue weighted by molar-refractivity contribution is 0.104. The van der Waals surface area contributed by atoms with Gasteiger partial charge < -0.3 is 9.47 Å². The van der Waals surface area contributed by atoms with Gasteiger partial charge in [-0.05, 0) is 34.9 Å². The van der Waals surface area contributed by atoms with Gasteiger partial charge in [-0.25, -0.2) is 0 Å². The van der Waals surface area contributed by atoms with Crippen LogP contribution in [0.15, 0.2) is 115 Å². The summed E-state index contributed by atoms with van der Waals surface area (Å²) in [7, 11) is 0. The highest BCUT2D eigenvalue weighted by molar-refractivity contribution is 6.06. The van der Waals surface area contributed by atoms with Crippen molar-refractivity contribution in [3.8, 4) is 11.5 Å². The van der Waals surface area contributed by atoms with E-state index in [-0.39, 0.29) is 5.78 Å². The summed E-state index contributed by atoms with van der Waals surface area (Å²) in [5.74, 6) is 1.26. The Labute approximate surface area is 188 Å². The second kappa shape index (κ2) is 10.8. The van der Waals surface area contributed by atoms with E-state index >= 15 is 0 Å². The monoisotopic (exact) mass is 420 g/mol. The van der Waals surface area contributed by atoms with E-state index in [0.29, 0.717) is 30.3 Å². The molecule has 0 aliphatic carbocycles. The third kappa shape index (κ3) is 5.96. The number of ketones is 1. The van der Waals surface area contributed by atoms with Crippen molar-refractivity contribution < 1.29 is 14.3 Å². The molecular formula is C29H24O3. The van der Waals surface area contributed by atoms with E-state index in [1.165, 1.54) is 0 Å². The minimum absolute atomic E-state index is 0.0400. The van der Waals surface area contributed by atoms with E-state index in [1.54, 1.807) is 12.2 Å². The molecule has 0 fully saturated rings. The number of ether oxygens (including phenoxy) is 2. The van der Waals surface area contributed by atoms with Gasteiger partial charge in [0.1, 0.15) is 13.2 Å². The van der Waals surface area contributed by atoms with Crippen molar-refractivity contribution >= 4 is 11.9 Å². The van der Waals surface area contributed by atoms with Gasteiger partial charge >= 0.3 is 0 Å². The first kappa shape index (κ1) is 21.1. The third-order valence-electron chi connectivity index (χ3n) is 4.93. The lowest BCUT2D eigenvalue weighted by Crippen LogP contribution is -2.01. The molecular weight excluding hydrogens is 396 g/mol. The van der Waals surface area contributed by atoms with Crippen LogP contribution >= 0.6 is 0 Å². The van der Waals surface area contributed by atoms with E-state index in [0.717, 1.165) is 16.7 Å². The average Bonchev–Trinajstić information content (AvgIpc) is 2.87. The SMILES string of the molecule is O=C(C=Cc1ccc(OCc2ccccc2)c(OCc2ccccc2)c1)c1ccccc1. The average molecular weight is 421 g/mol. The summed E-state index contributed by atoms with van der Waals surface area (Å²) in [6.45, 7) is 0.878. The summed E-state index contributed by atoms with van der Waals surface area (Å²) in [5, 5.41) is 0. The Morgan fingerprint density at radius 2 is 1.16 bits per heavy atom. The van der Waals surface area contributed by atoms with Crippen LogP contribution < -0.4 is 9.47 Å². The van der Waals surface area contributed by atoms with Crippen LogP contribution in [0.2, 0.25) is 0 Å². The minimum Gasteiger partial charge on any atom is -0.485 e. The van der Waals surface area contributed by atoms with E-state index in [1.807, 2.05) is 109 Å². The molecule has 0 heterocycles. The quantitative estimate of drug-likeness (QED) is 0.222. The molecule has 0 unspecified atom stereocenters. The number of carbonyl (C=O) groups excluding carboxylic acids is 1.